The van der Waals surface area contributed by atoms with Crippen LogP contribution in [-0.2, 0) is 13.1 Å². The van der Waals surface area contributed by atoms with Gasteiger partial charge in [-0.2, -0.15) is 9.78 Å². The van der Waals surface area contributed by atoms with Crippen molar-refractivity contribution in [1.29, 1.82) is 0 Å². The topological polar surface area (TPSA) is 134 Å². The number of nitrogens with one attached hydrogen (secondary N) is 2. The first-order valence-electron chi connectivity index (χ1n) is 9.82. The zero-order chi connectivity index (χ0) is 24.6. The first-order valence-corrected chi connectivity index (χ1v) is 10.2. The molecule has 0 fully saturated rings. The zero-order valence-electron chi connectivity index (χ0n) is 17.3. The fourth-order valence-electron chi connectivity index (χ4n) is 3.19. The first kappa shape index (κ1) is 22.4. The maximum Gasteiger partial charge on any atom is 0.586 e. The van der Waals surface area contributed by atoms with Crippen LogP contribution in [0.1, 0.15) is 11.6 Å². The summed E-state index contributed by atoms with van der Waals surface area (Å²) in [5, 5.41) is 20.4. The summed E-state index contributed by atoms with van der Waals surface area (Å²) >= 11 is 5.70. The average molecular weight is 508 g/mol. The number of halogens is 4. The Morgan fingerprint density at radius 3 is 2.51 bits per heavy atom. The summed E-state index contributed by atoms with van der Waals surface area (Å²) in [6, 6.07) is 7.58. The van der Waals surface area contributed by atoms with E-state index in [0.717, 1.165) is 0 Å². The molecule has 5 rings (SSSR count). The van der Waals surface area contributed by atoms with Crippen molar-refractivity contribution < 1.29 is 27.4 Å². The molecule has 0 spiro atoms. The van der Waals surface area contributed by atoms with Crippen LogP contribution in [0.4, 0.5) is 18.0 Å². The van der Waals surface area contributed by atoms with Gasteiger partial charge in [-0.15, -0.1) is 13.9 Å². The number of nitrogens with zero attached hydrogens (tertiary/aromatic N) is 7. The Bertz CT molecular complexity index is 1410. The highest BCUT2D eigenvalue weighted by Crippen LogP contribution is 2.41. The van der Waals surface area contributed by atoms with Crippen molar-refractivity contribution in [2.45, 2.75) is 19.4 Å². The number of tetrazole rings is 1. The summed E-state index contributed by atoms with van der Waals surface area (Å²) in [6.07, 6.45) is -2.49. The van der Waals surface area contributed by atoms with E-state index in [0.29, 0.717) is 17.2 Å². The van der Waals surface area contributed by atoms with Crippen LogP contribution in [0.2, 0.25) is 5.02 Å². The Morgan fingerprint density at radius 1 is 1.00 bits per heavy atom. The van der Waals surface area contributed by atoms with Crippen LogP contribution in [0, 0.1) is 5.82 Å². The molecule has 35 heavy (non-hydrogen) atoms. The van der Waals surface area contributed by atoms with Gasteiger partial charge in [0.15, 0.2) is 23.1 Å². The molecule has 12 nitrogen and oxygen atoms in total. The third-order valence-corrected chi connectivity index (χ3v) is 5.05. The number of benzene rings is 2. The molecule has 0 bridgehead atoms. The van der Waals surface area contributed by atoms with Gasteiger partial charge in [-0.1, -0.05) is 11.6 Å². The smallest absolute Gasteiger partial charge is 0.395 e. The van der Waals surface area contributed by atoms with Crippen LogP contribution in [-0.4, -0.2) is 47.3 Å². The van der Waals surface area contributed by atoms with Crippen molar-refractivity contribution >= 4 is 17.6 Å². The Labute approximate surface area is 198 Å². The van der Waals surface area contributed by atoms with E-state index in [1.165, 1.54) is 46.0 Å². The lowest BCUT2D eigenvalue weighted by Crippen LogP contribution is -2.36. The van der Waals surface area contributed by atoms with Gasteiger partial charge in [-0.25, -0.2) is 18.9 Å². The molecule has 0 unspecified atom stereocenters. The van der Waals surface area contributed by atoms with E-state index in [1.807, 2.05) is 0 Å². The number of carbonyl (C=O) groups excluding carboxylic acids is 1. The number of fused-ring (bicyclic) bond motifs is 1. The number of hydrogen-bond donors (Lipinski definition) is 2. The largest absolute Gasteiger partial charge is 0.586 e. The molecular weight excluding hydrogens is 495 g/mol. The minimum absolute atomic E-state index is 0.0304. The highest BCUT2D eigenvalue weighted by molar-refractivity contribution is 6.30. The van der Waals surface area contributed by atoms with Crippen molar-refractivity contribution in [2.75, 3.05) is 0 Å². The minimum Gasteiger partial charge on any atom is -0.395 e. The predicted molar refractivity (Wildman–Crippen MR) is 111 cm³/mol. The second kappa shape index (κ2) is 8.75. The van der Waals surface area contributed by atoms with Gasteiger partial charge in [0.2, 0.25) is 0 Å². The van der Waals surface area contributed by atoms with Gasteiger partial charge >= 0.3 is 12.3 Å². The molecule has 1 aliphatic heterocycles. The highest BCUT2D eigenvalue weighted by atomic mass is 35.5. The van der Waals surface area contributed by atoms with Crippen LogP contribution < -0.4 is 20.1 Å². The maximum atomic E-state index is 13.8. The van der Waals surface area contributed by atoms with E-state index in [4.69, 9.17) is 11.6 Å². The molecule has 4 aromatic rings. The van der Waals surface area contributed by atoms with Gasteiger partial charge in [-0.05, 0) is 34.7 Å². The fourth-order valence-corrected chi connectivity index (χ4v) is 3.30. The fraction of sp³-hybridized carbons (Fsp3) is 0.158. The highest BCUT2D eigenvalue weighted by Gasteiger charge is 2.43. The number of amides is 2. The summed E-state index contributed by atoms with van der Waals surface area (Å²) in [5.41, 5.74) is 0.692. The second-order valence-electron chi connectivity index (χ2n) is 7.03. The van der Waals surface area contributed by atoms with Gasteiger partial charge in [0.05, 0.1) is 29.5 Å². The first-order chi connectivity index (χ1) is 16.8. The van der Waals surface area contributed by atoms with Crippen molar-refractivity contribution in [1.82, 2.24) is 45.6 Å². The second-order valence-corrected chi connectivity index (χ2v) is 7.44. The molecule has 0 radical (unpaired) electrons. The number of ether oxygens (including phenoxy) is 2. The molecule has 3 heterocycles. The van der Waals surface area contributed by atoms with E-state index in [2.05, 4.69) is 45.7 Å². The van der Waals surface area contributed by atoms with Crippen LogP contribution >= 0.6 is 11.6 Å². The van der Waals surface area contributed by atoms with Gasteiger partial charge in [0, 0.05) is 12.1 Å². The van der Waals surface area contributed by atoms with E-state index in [1.54, 1.807) is 6.07 Å². The van der Waals surface area contributed by atoms with Gasteiger partial charge in [0.25, 0.3) is 0 Å². The number of carbonyl (C=O) groups is 1. The molecule has 2 aromatic carbocycles. The van der Waals surface area contributed by atoms with Crippen molar-refractivity contribution in [3.63, 3.8) is 0 Å². The minimum atomic E-state index is -3.75. The molecule has 2 amide bonds. The third kappa shape index (κ3) is 4.65. The normalized spacial score (nSPS) is 13.6. The van der Waals surface area contributed by atoms with E-state index < -0.39 is 18.1 Å². The Balaban J connectivity index is 1.21. The Kier molecular flexibility index (Phi) is 5.60. The number of rotatable bonds is 6. The SMILES string of the molecule is O=C(NCc1ncnn1-c1ccc(Cl)c(F)c1)NCc1nnnn1-c1ccc2c(c1)OC(F)(F)O2. The number of hydrogen-bond acceptors (Lipinski definition) is 8. The van der Waals surface area contributed by atoms with Gasteiger partial charge in [-0.3, -0.25) is 0 Å². The molecule has 2 N–H and O–H groups in total. The quantitative estimate of drug-likeness (QED) is 0.406. The van der Waals surface area contributed by atoms with E-state index >= 15 is 0 Å². The number of urea groups is 1. The van der Waals surface area contributed by atoms with E-state index in [-0.39, 0.29) is 35.4 Å². The van der Waals surface area contributed by atoms with Crippen LogP contribution in [0.25, 0.3) is 11.4 Å². The van der Waals surface area contributed by atoms with Crippen molar-refractivity contribution in [3.8, 4) is 22.9 Å². The number of aromatic nitrogens is 7. The van der Waals surface area contributed by atoms with Crippen molar-refractivity contribution in [3.05, 3.63) is 65.2 Å². The summed E-state index contributed by atoms with van der Waals surface area (Å²) in [6.45, 7) is -0.129. The van der Waals surface area contributed by atoms with Crippen LogP contribution in [0.15, 0.2) is 42.7 Å². The monoisotopic (exact) mass is 507 g/mol. The summed E-state index contributed by atoms with van der Waals surface area (Å²) in [4.78, 5) is 16.4. The lowest BCUT2D eigenvalue weighted by atomic mass is 10.3. The molecule has 2 aromatic heterocycles. The maximum absolute atomic E-state index is 13.8. The molecule has 16 heteroatoms. The molecular formula is C19H13ClF3N9O3. The summed E-state index contributed by atoms with van der Waals surface area (Å²) in [5.74, 6) is -0.371. The Morgan fingerprint density at radius 2 is 1.71 bits per heavy atom. The van der Waals surface area contributed by atoms with Crippen LogP contribution in [0.5, 0.6) is 11.5 Å². The Hall–Kier alpha value is -4.40. The van der Waals surface area contributed by atoms with Crippen LogP contribution in [0.3, 0.4) is 0 Å². The molecule has 0 saturated heterocycles. The molecule has 0 aliphatic carbocycles. The lowest BCUT2D eigenvalue weighted by molar-refractivity contribution is -0.286. The van der Waals surface area contributed by atoms with E-state index in [9.17, 15) is 18.0 Å². The summed E-state index contributed by atoms with van der Waals surface area (Å²) < 4.78 is 51.7. The third-order valence-electron chi connectivity index (χ3n) is 4.74. The average Bonchev–Trinajstić information content (AvgIpc) is 3.54. The molecule has 0 saturated carbocycles. The molecule has 180 valence electrons. The van der Waals surface area contributed by atoms with Gasteiger partial charge < -0.3 is 20.1 Å². The zero-order valence-corrected chi connectivity index (χ0v) is 18.1. The standard InChI is InChI=1S/C19H13ClF3N9O3/c20-12-3-1-10(5-13(12)21)31-16(26-9-27-31)7-24-18(33)25-8-17-28-29-30-32(17)11-2-4-14-15(6-11)35-19(22,23)34-14/h1-6,9H,7-8H2,(H2,24,25,33). The number of alkyl halides is 2. The molecule has 0 atom stereocenters. The molecule has 1 aliphatic rings. The van der Waals surface area contributed by atoms with Crippen molar-refractivity contribution in [2.24, 2.45) is 0 Å². The summed E-state index contributed by atoms with van der Waals surface area (Å²) in [7, 11) is 0. The van der Waals surface area contributed by atoms with Gasteiger partial charge in [0.1, 0.15) is 12.1 Å². The predicted octanol–water partition coefficient (Wildman–Crippen LogP) is 2.36. The lowest BCUT2D eigenvalue weighted by Gasteiger charge is -2.09.